The van der Waals surface area contributed by atoms with Gasteiger partial charge in [-0.2, -0.15) is 0 Å². The van der Waals surface area contributed by atoms with Crippen molar-refractivity contribution >= 4 is 28.9 Å². The van der Waals surface area contributed by atoms with Crippen LogP contribution in [0.25, 0.3) is 0 Å². The van der Waals surface area contributed by atoms with E-state index in [1.807, 2.05) is 42.5 Å². The minimum absolute atomic E-state index is 0.0252. The molecule has 0 N–H and O–H groups in total. The lowest BCUT2D eigenvalue weighted by Crippen LogP contribution is -2.22. The van der Waals surface area contributed by atoms with Gasteiger partial charge in [0.1, 0.15) is 0 Å². The van der Waals surface area contributed by atoms with Crippen LogP contribution in [0.15, 0.2) is 82.7 Å². The molecule has 0 aromatic heterocycles. The van der Waals surface area contributed by atoms with Crippen LogP contribution in [0.5, 0.6) is 0 Å². The first-order valence-electron chi connectivity index (χ1n) is 8.77. The Kier molecular flexibility index (Phi) is 3.57. The molecule has 0 radical (unpaired) electrons. The summed E-state index contributed by atoms with van der Waals surface area (Å²) < 4.78 is 0. The number of hydrogen-bond donors (Lipinski definition) is 0. The zero-order valence-electron chi connectivity index (χ0n) is 14.3. The van der Waals surface area contributed by atoms with Crippen LogP contribution in [0.4, 0.5) is 5.69 Å². The second-order valence-electron chi connectivity index (χ2n) is 6.80. The molecule has 0 unspecified atom stereocenters. The zero-order chi connectivity index (χ0) is 17.7. The smallest absolute Gasteiger partial charge is 0.174 e. The number of ketones is 1. The molecule has 3 aromatic carbocycles. The Morgan fingerprint density at radius 2 is 1.65 bits per heavy atom. The van der Waals surface area contributed by atoms with Crippen molar-refractivity contribution in [3.63, 3.8) is 0 Å². The Bertz CT molecular complexity index is 1070. The van der Waals surface area contributed by atoms with Gasteiger partial charge >= 0.3 is 0 Å². The Hall–Kier alpha value is -2.65. The quantitative estimate of drug-likeness (QED) is 0.554. The summed E-state index contributed by atoms with van der Waals surface area (Å²) in [5.74, 6) is -0.0576. The molecular formula is C23H17NOS. The number of Topliss-reactive ketones (excluding diaryl/α,β-unsaturated/α-hetero) is 1. The molecule has 0 saturated carbocycles. The summed E-state index contributed by atoms with van der Waals surface area (Å²) in [7, 11) is 0. The number of carbonyl (C=O) groups is 1. The van der Waals surface area contributed by atoms with E-state index in [1.54, 1.807) is 11.8 Å². The van der Waals surface area contributed by atoms with Gasteiger partial charge in [0.25, 0.3) is 0 Å². The van der Waals surface area contributed by atoms with Crippen LogP contribution < -0.4 is 0 Å². The highest BCUT2D eigenvalue weighted by Gasteiger charge is 2.44. The van der Waals surface area contributed by atoms with E-state index in [1.165, 1.54) is 11.1 Å². The highest BCUT2D eigenvalue weighted by Crippen LogP contribution is 2.51. The van der Waals surface area contributed by atoms with Crippen LogP contribution in [-0.2, 0) is 0 Å². The van der Waals surface area contributed by atoms with Crippen molar-refractivity contribution in [2.24, 2.45) is 10.9 Å². The largest absolute Gasteiger partial charge is 0.293 e. The molecule has 0 fully saturated rings. The summed E-state index contributed by atoms with van der Waals surface area (Å²) in [5.41, 5.74) is 6.05. The van der Waals surface area contributed by atoms with E-state index in [2.05, 4.69) is 37.3 Å². The van der Waals surface area contributed by atoms with Crippen LogP contribution in [0.1, 0.15) is 32.3 Å². The molecule has 1 heterocycles. The Morgan fingerprint density at radius 1 is 0.885 bits per heavy atom. The summed E-state index contributed by atoms with van der Waals surface area (Å²) in [6.45, 7) is 2.10. The summed E-state index contributed by atoms with van der Waals surface area (Å²) >= 11 is 1.76. The maximum absolute atomic E-state index is 13.3. The van der Waals surface area contributed by atoms with Gasteiger partial charge in [-0.3, -0.25) is 9.79 Å². The summed E-state index contributed by atoms with van der Waals surface area (Å²) in [4.78, 5) is 19.4. The predicted molar refractivity (Wildman–Crippen MR) is 107 cm³/mol. The molecule has 5 rings (SSSR count). The van der Waals surface area contributed by atoms with Crippen molar-refractivity contribution in [1.82, 2.24) is 0 Å². The lowest BCUT2D eigenvalue weighted by molar-refractivity contribution is 0.0960. The maximum atomic E-state index is 13.3. The van der Waals surface area contributed by atoms with Gasteiger partial charge in [0, 0.05) is 16.0 Å². The van der Waals surface area contributed by atoms with Crippen LogP contribution in [0.2, 0.25) is 0 Å². The number of hydrogen-bond acceptors (Lipinski definition) is 3. The van der Waals surface area contributed by atoms with Gasteiger partial charge in [0.15, 0.2) is 5.78 Å². The molecule has 1 aliphatic carbocycles. The molecule has 0 saturated heterocycles. The lowest BCUT2D eigenvalue weighted by Gasteiger charge is -2.22. The third-order valence-electron chi connectivity index (χ3n) is 5.08. The van der Waals surface area contributed by atoms with Gasteiger partial charge < -0.3 is 0 Å². The molecule has 1 aliphatic heterocycles. The van der Waals surface area contributed by atoms with E-state index in [0.717, 1.165) is 27.4 Å². The number of carbonyl (C=O) groups excluding carboxylic acids is 1. The molecule has 2 aliphatic rings. The molecule has 26 heavy (non-hydrogen) atoms. The molecule has 0 spiro atoms. The normalized spacial score (nSPS) is 20.7. The van der Waals surface area contributed by atoms with Crippen molar-refractivity contribution in [2.45, 2.75) is 17.1 Å². The second kappa shape index (κ2) is 5.96. The zero-order valence-corrected chi connectivity index (χ0v) is 15.2. The monoisotopic (exact) mass is 355 g/mol. The standard InChI is InChI=1S/C23H17NOS/c1-14-7-6-8-15(13-14)23-20-21(16-9-2-3-10-17(16)22(20)25)24-18-11-4-5-12-19(18)26-23/h2-13,20,23H,1H3/t20-,23+/m0/s1. The van der Waals surface area contributed by atoms with Crippen molar-refractivity contribution in [3.8, 4) is 0 Å². The number of rotatable bonds is 1. The minimum atomic E-state index is -0.244. The first-order valence-corrected chi connectivity index (χ1v) is 9.65. The number of para-hydroxylation sites is 1. The number of thioether (sulfide) groups is 1. The van der Waals surface area contributed by atoms with E-state index in [0.29, 0.717) is 0 Å². The average Bonchev–Trinajstić information content (AvgIpc) is 2.83. The van der Waals surface area contributed by atoms with Crippen LogP contribution >= 0.6 is 11.8 Å². The Labute approximate surface area is 157 Å². The number of nitrogens with zero attached hydrogens (tertiary/aromatic N) is 1. The minimum Gasteiger partial charge on any atom is -0.293 e. The summed E-state index contributed by atoms with van der Waals surface area (Å²) in [6.07, 6.45) is 0. The molecule has 2 atom stereocenters. The van der Waals surface area contributed by atoms with Crippen LogP contribution in [0, 0.1) is 12.8 Å². The van der Waals surface area contributed by atoms with Crippen molar-refractivity contribution in [3.05, 3.63) is 95.1 Å². The molecule has 0 amide bonds. The van der Waals surface area contributed by atoms with Crippen molar-refractivity contribution < 1.29 is 4.79 Å². The van der Waals surface area contributed by atoms with Gasteiger partial charge in [0.05, 0.1) is 22.6 Å². The first-order chi connectivity index (χ1) is 12.7. The van der Waals surface area contributed by atoms with E-state index >= 15 is 0 Å². The molecule has 0 bridgehead atoms. The predicted octanol–water partition coefficient (Wildman–Crippen LogP) is 5.78. The van der Waals surface area contributed by atoms with Gasteiger partial charge in [0.2, 0.25) is 0 Å². The van der Waals surface area contributed by atoms with Gasteiger partial charge in [-0.1, -0.05) is 66.2 Å². The summed E-state index contributed by atoms with van der Waals surface area (Å²) in [5, 5.41) is 0.0252. The molecule has 3 aromatic rings. The number of aliphatic imine (C=N–C) groups is 1. The van der Waals surface area contributed by atoms with Gasteiger partial charge in [-0.05, 0) is 24.6 Å². The highest BCUT2D eigenvalue weighted by atomic mass is 32.2. The van der Waals surface area contributed by atoms with Crippen molar-refractivity contribution in [2.75, 3.05) is 0 Å². The maximum Gasteiger partial charge on any atom is 0.174 e. The second-order valence-corrected chi connectivity index (χ2v) is 7.99. The van der Waals surface area contributed by atoms with E-state index in [9.17, 15) is 4.79 Å². The summed E-state index contributed by atoms with van der Waals surface area (Å²) in [6, 6.07) is 24.6. The lowest BCUT2D eigenvalue weighted by atomic mass is 9.92. The fourth-order valence-corrected chi connectivity index (χ4v) is 5.22. The fourth-order valence-electron chi connectivity index (χ4n) is 3.88. The Morgan fingerprint density at radius 3 is 2.50 bits per heavy atom. The van der Waals surface area contributed by atoms with Crippen LogP contribution in [0.3, 0.4) is 0 Å². The first kappa shape index (κ1) is 15.6. The SMILES string of the molecule is Cc1cccc([C@H]2Sc3ccccc3N=C3c4ccccc4C(=O)[C@H]32)c1. The van der Waals surface area contributed by atoms with Gasteiger partial charge in [-0.25, -0.2) is 0 Å². The highest BCUT2D eigenvalue weighted by molar-refractivity contribution is 7.99. The molecular weight excluding hydrogens is 338 g/mol. The third-order valence-corrected chi connectivity index (χ3v) is 6.48. The van der Waals surface area contributed by atoms with E-state index < -0.39 is 0 Å². The van der Waals surface area contributed by atoms with Crippen LogP contribution in [-0.4, -0.2) is 11.5 Å². The number of aryl methyl sites for hydroxylation is 1. The van der Waals surface area contributed by atoms with Crippen molar-refractivity contribution in [1.29, 1.82) is 0 Å². The molecule has 3 heteroatoms. The average molecular weight is 355 g/mol. The fraction of sp³-hybridized carbons (Fsp3) is 0.130. The Balaban J connectivity index is 1.76. The topological polar surface area (TPSA) is 29.4 Å². The number of benzene rings is 3. The molecule has 2 nitrogen and oxygen atoms in total. The van der Waals surface area contributed by atoms with E-state index in [4.69, 9.17) is 4.99 Å². The molecule has 126 valence electrons. The van der Waals surface area contributed by atoms with Gasteiger partial charge in [-0.15, -0.1) is 11.8 Å². The third kappa shape index (κ3) is 2.35. The number of fused-ring (bicyclic) bond motifs is 4. The van der Waals surface area contributed by atoms with E-state index in [-0.39, 0.29) is 17.0 Å².